The van der Waals surface area contributed by atoms with Crippen molar-refractivity contribution in [2.24, 2.45) is 0 Å². The summed E-state index contributed by atoms with van der Waals surface area (Å²) in [6.07, 6.45) is 0. The van der Waals surface area contributed by atoms with Crippen LogP contribution in [0.1, 0.15) is 44.9 Å². The highest BCUT2D eigenvalue weighted by Crippen LogP contribution is 2.25. The van der Waals surface area contributed by atoms with E-state index in [2.05, 4.69) is 5.32 Å². The van der Waals surface area contributed by atoms with Crippen molar-refractivity contribution in [3.63, 3.8) is 0 Å². The van der Waals surface area contributed by atoms with Crippen molar-refractivity contribution in [1.82, 2.24) is 4.90 Å². The Hall–Kier alpha value is -3.48. The Morgan fingerprint density at radius 1 is 1.00 bits per heavy atom. The first kappa shape index (κ1) is 18.3. The maximum Gasteiger partial charge on any atom is 0.340 e. The van der Waals surface area contributed by atoms with E-state index in [9.17, 15) is 19.2 Å². The molecule has 7 heteroatoms. The lowest BCUT2D eigenvalue weighted by atomic mass is 10.1. The molecule has 138 valence electrons. The lowest BCUT2D eigenvalue weighted by Crippen LogP contribution is -2.45. The smallest absolute Gasteiger partial charge is 0.340 e. The van der Waals surface area contributed by atoms with E-state index in [1.165, 1.54) is 13.0 Å². The normalized spacial score (nSPS) is 13.9. The first-order valence-corrected chi connectivity index (χ1v) is 8.49. The van der Waals surface area contributed by atoms with Crippen molar-refractivity contribution in [2.75, 3.05) is 11.9 Å². The number of rotatable bonds is 5. The second kappa shape index (κ2) is 7.41. The predicted octanol–water partition coefficient (Wildman–Crippen LogP) is 2.49. The van der Waals surface area contributed by atoms with Crippen LogP contribution < -0.4 is 5.32 Å². The van der Waals surface area contributed by atoms with Gasteiger partial charge in [-0.3, -0.25) is 19.3 Å². The van der Waals surface area contributed by atoms with Crippen LogP contribution >= 0.6 is 0 Å². The van der Waals surface area contributed by atoms with E-state index >= 15 is 0 Å². The monoisotopic (exact) mass is 366 g/mol. The molecule has 0 radical (unpaired) electrons. The molecule has 0 aromatic heterocycles. The van der Waals surface area contributed by atoms with Gasteiger partial charge >= 0.3 is 5.97 Å². The summed E-state index contributed by atoms with van der Waals surface area (Å²) >= 11 is 0. The van der Waals surface area contributed by atoms with Crippen LogP contribution in [-0.2, 0) is 9.53 Å². The van der Waals surface area contributed by atoms with Crippen LogP contribution in [0.5, 0.6) is 0 Å². The minimum absolute atomic E-state index is 0.197. The number of ether oxygens (including phenoxy) is 1. The van der Waals surface area contributed by atoms with E-state index in [1.54, 1.807) is 49.4 Å². The molecule has 27 heavy (non-hydrogen) atoms. The zero-order chi connectivity index (χ0) is 19.6. The van der Waals surface area contributed by atoms with Gasteiger partial charge in [0.05, 0.1) is 29.0 Å². The number of nitrogens with one attached hydrogen (secondary N) is 1. The Bertz CT molecular complexity index is 902. The molecule has 1 aliphatic rings. The van der Waals surface area contributed by atoms with Crippen LogP contribution in [0, 0.1) is 0 Å². The van der Waals surface area contributed by atoms with Gasteiger partial charge in [-0.25, -0.2) is 4.79 Å². The number of hydrogen-bond donors (Lipinski definition) is 1. The van der Waals surface area contributed by atoms with Gasteiger partial charge in [0.25, 0.3) is 11.8 Å². The third kappa shape index (κ3) is 3.31. The molecule has 0 saturated carbocycles. The van der Waals surface area contributed by atoms with Gasteiger partial charge in [0, 0.05) is 0 Å². The number of anilines is 1. The fourth-order valence-corrected chi connectivity index (χ4v) is 2.89. The van der Waals surface area contributed by atoms with Crippen LogP contribution in [0.4, 0.5) is 5.69 Å². The van der Waals surface area contributed by atoms with Gasteiger partial charge in [0.15, 0.2) is 0 Å². The van der Waals surface area contributed by atoms with Gasteiger partial charge in [-0.15, -0.1) is 0 Å². The number of nitrogens with zero attached hydrogens (tertiary/aromatic N) is 1. The quantitative estimate of drug-likeness (QED) is 0.648. The molecule has 0 unspecified atom stereocenters. The van der Waals surface area contributed by atoms with E-state index in [1.807, 2.05) is 0 Å². The standard InChI is InChI=1S/C20H18N2O5/c1-3-27-20(26)15-10-6-7-11-16(15)21-17(23)12(2)22-18(24)13-8-4-5-9-14(13)19(22)25/h4-12H,3H2,1-2H3,(H,21,23)/t12-/m1/s1. The SMILES string of the molecule is CCOC(=O)c1ccccc1NC(=O)[C@@H](C)N1C(=O)c2ccccc2C1=O. The Morgan fingerprint density at radius 3 is 2.15 bits per heavy atom. The van der Waals surface area contributed by atoms with E-state index in [0.717, 1.165) is 4.90 Å². The summed E-state index contributed by atoms with van der Waals surface area (Å²) in [5.74, 6) is -2.18. The molecule has 3 rings (SSSR count). The van der Waals surface area contributed by atoms with Gasteiger partial charge in [-0.1, -0.05) is 24.3 Å². The van der Waals surface area contributed by atoms with Gasteiger partial charge < -0.3 is 10.1 Å². The first-order chi connectivity index (χ1) is 13.0. The van der Waals surface area contributed by atoms with Gasteiger partial charge in [0.1, 0.15) is 6.04 Å². The number of para-hydroxylation sites is 1. The van der Waals surface area contributed by atoms with Crippen molar-refractivity contribution in [1.29, 1.82) is 0 Å². The molecule has 1 heterocycles. The molecule has 3 amide bonds. The van der Waals surface area contributed by atoms with Crippen molar-refractivity contribution >= 4 is 29.4 Å². The average Bonchev–Trinajstić information content (AvgIpc) is 2.93. The highest BCUT2D eigenvalue weighted by Gasteiger charge is 2.40. The van der Waals surface area contributed by atoms with E-state index in [0.29, 0.717) is 0 Å². The number of benzene rings is 2. The molecule has 1 aliphatic heterocycles. The van der Waals surface area contributed by atoms with Crippen LogP contribution in [0.25, 0.3) is 0 Å². The summed E-state index contributed by atoms with van der Waals surface area (Å²) in [6, 6.07) is 11.8. The van der Waals surface area contributed by atoms with Crippen molar-refractivity contribution in [3.8, 4) is 0 Å². The molecule has 0 spiro atoms. The zero-order valence-corrected chi connectivity index (χ0v) is 14.9. The average molecular weight is 366 g/mol. The summed E-state index contributed by atoms with van der Waals surface area (Å²) in [6.45, 7) is 3.35. The molecule has 7 nitrogen and oxygen atoms in total. The largest absolute Gasteiger partial charge is 0.462 e. The van der Waals surface area contributed by atoms with Crippen LogP contribution in [0.15, 0.2) is 48.5 Å². The highest BCUT2D eigenvalue weighted by atomic mass is 16.5. The topological polar surface area (TPSA) is 92.8 Å². The maximum atomic E-state index is 12.7. The fraction of sp³-hybridized carbons (Fsp3) is 0.200. The van der Waals surface area contributed by atoms with E-state index in [-0.39, 0.29) is 29.0 Å². The number of imide groups is 1. The Labute approximate surface area is 155 Å². The zero-order valence-electron chi connectivity index (χ0n) is 14.9. The Balaban J connectivity index is 1.81. The lowest BCUT2D eigenvalue weighted by molar-refractivity contribution is -0.119. The molecule has 0 bridgehead atoms. The van der Waals surface area contributed by atoms with Crippen molar-refractivity contribution in [2.45, 2.75) is 19.9 Å². The minimum Gasteiger partial charge on any atom is -0.462 e. The highest BCUT2D eigenvalue weighted by molar-refractivity contribution is 6.23. The number of carbonyl (C=O) groups excluding carboxylic acids is 4. The second-order valence-corrected chi connectivity index (χ2v) is 5.96. The third-order valence-corrected chi connectivity index (χ3v) is 4.27. The predicted molar refractivity (Wildman–Crippen MR) is 97.4 cm³/mol. The molecule has 0 aliphatic carbocycles. The van der Waals surface area contributed by atoms with Gasteiger partial charge in [-0.2, -0.15) is 0 Å². The van der Waals surface area contributed by atoms with E-state index in [4.69, 9.17) is 4.74 Å². The Kier molecular flexibility index (Phi) is 5.03. The molecule has 0 fully saturated rings. The number of carbonyl (C=O) groups is 4. The maximum absolute atomic E-state index is 12.7. The fourth-order valence-electron chi connectivity index (χ4n) is 2.89. The van der Waals surface area contributed by atoms with Crippen molar-refractivity contribution < 1.29 is 23.9 Å². The summed E-state index contributed by atoms with van der Waals surface area (Å²) in [5.41, 5.74) is 0.995. The number of esters is 1. The summed E-state index contributed by atoms with van der Waals surface area (Å²) in [4.78, 5) is 50.7. The molecule has 2 aromatic rings. The lowest BCUT2D eigenvalue weighted by Gasteiger charge is -2.22. The summed E-state index contributed by atoms with van der Waals surface area (Å²) in [5, 5.41) is 2.61. The second-order valence-electron chi connectivity index (χ2n) is 5.96. The molecule has 1 atom stereocenters. The summed E-state index contributed by atoms with van der Waals surface area (Å²) < 4.78 is 4.98. The van der Waals surface area contributed by atoms with Crippen molar-refractivity contribution in [3.05, 3.63) is 65.2 Å². The first-order valence-electron chi connectivity index (χ1n) is 8.49. The van der Waals surface area contributed by atoms with Gasteiger partial charge in [0.2, 0.25) is 5.91 Å². The Morgan fingerprint density at radius 2 is 1.56 bits per heavy atom. The molecular formula is C20H18N2O5. The summed E-state index contributed by atoms with van der Waals surface area (Å²) in [7, 11) is 0. The minimum atomic E-state index is -1.05. The number of amides is 3. The third-order valence-electron chi connectivity index (χ3n) is 4.27. The van der Waals surface area contributed by atoms with Crippen LogP contribution in [-0.4, -0.2) is 41.2 Å². The number of hydrogen-bond acceptors (Lipinski definition) is 5. The molecular weight excluding hydrogens is 348 g/mol. The molecule has 1 N–H and O–H groups in total. The number of fused-ring (bicyclic) bond motifs is 1. The molecule has 2 aromatic carbocycles. The van der Waals surface area contributed by atoms with Crippen LogP contribution in [0.2, 0.25) is 0 Å². The van der Waals surface area contributed by atoms with E-state index < -0.39 is 29.7 Å². The molecule has 0 saturated heterocycles. The van der Waals surface area contributed by atoms with Crippen LogP contribution in [0.3, 0.4) is 0 Å². The van der Waals surface area contributed by atoms with Gasteiger partial charge in [-0.05, 0) is 38.1 Å².